The lowest BCUT2D eigenvalue weighted by Gasteiger charge is -2.57. The molecule has 26 heavy (non-hydrogen) atoms. The number of allylic oxidation sites excluding steroid dienone is 1. The van der Waals surface area contributed by atoms with Gasteiger partial charge in [-0.1, -0.05) is 16.8 Å². The van der Waals surface area contributed by atoms with E-state index in [4.69, 9.17) is 21.1 Å². The van der Waals surface area contributed by atoms with E-state index in [1.807, 2.05) is 0 Å². The summed E-state index contributed by atoms with van der Waals surface area (Å²) in [7, 11) is 5.23. The molecule has 2 aliphatic carbocycles. The van der Waals surface area contributed by atoms with E-state index in [1.165, 1.54) is 7.11 Å². The van der Waals surface area contributed by atoms with Crippen molar-refractivity contribution in [3.63, 3.8) is 0 Å². The lowest BCUT2D eigenvalue weighted by atomic mass is 9.53. The van der Waals surface area contributed by atoms with E-state index in [-0.39, 0.29) is 17.7 Å². The molecule has 1 aromatic carbocycles. The van der Waals surface area contributed by atoms with Crippen molar-refractivity contribution in [2.24, 2.45) is 11.1 Å². The monoisotopic (exact) mass is 378 g/mol. The molecule has 0 amide bonds. The molecule has 1 aliphatic heterocycles. The van der Waals surface area contributed by atoms with Gasteiger partial charge in [-0.3, -0.25) is 0 Å². The van der Waals surface area contributed by atoms with Crippen molar-refractivity contribution < 1.29 is 19.8 Å². The van der Waals surface area contributed by atoms with Crippen molar-refractivity contribution in [3.05, 3.63) is 34.1 Å². The number of likely N-dealkylation sites (tertiary alicyclic amines) is 1. The Balaban J connectivity index is 2.02. The van der Waals surface area contributed by atoms with Gasteiger partial charge in [0.1, 0.15) is 11.5 Å². The highest BCUT2D eigenvalue weighted by Gasteiger charge is 2.56. The van der Waals surface area contributed by atoms with Crippen LogP contribution in [0.15, 0.2) is 23.1 Å². The molecule has 2 N–H and O–H groups in total. The Morgan fingerprint density at radius 1 is 1.35 bits per heavy atom. The lowest BCUT2D eigenvalue weighted by Crippen LogP contribution is -2.60. The van der Waals surface area contributed by atoms with Gasteiger partial charge in [-0.25, -0.2) is 0 Å². The number of benzene rings is 1. The number of nitrogens with zero attached hydrogens (tertiary/aromatic N) is 2. The van der Waals surface area contributed by atoms with Crippen LogP contribution in [-0.2, 0) is 16.6 Å². The van der Waals surface area contributed by atoms with Crippen molar-refractivity contribution in [3.8, 4) is 11.5 Å². The molecule has 3 atom stereocenters. The minimum atomic E-state index is -0.392. The van der Waals surface area contributed by atoms with Crippen molar-refractivity contribution in [2.75, 3.05) is 27.8 Å². The molecular formula is C19H23ClN2O4. The molecule has 1 fully saturated rings. The zero-order chi connectivity index (χ0) is 18.6. The summed E-state index contributed by atoms with van der Waals surface area (Å²) in [4.78, 5) is 2.34. The minimum Gasteiger partial charge on any atom is -0.504 e. The van der Waals surface area contributed by atoms with Crippen molar-refractivity contribution >= 4 is 17.3 Å². The van der Waals surface area contributed by atoms with Crippen LogP contribution < -0.4 is 4.74 Å². The zero-order valence-corrected chi connectivity index (χ0v) is 15.9. The molecule has 0 radical (unpaired) electrons. The fourth-order valence-electron chi connectivity index (χ4n) is 5.16. The highest BCUT2D eigenvalue weighted by atomic mass is 35.5. The summed E-state index contributed by atoms with van der Waals surface area (Å²) >= 11 is 6.58. The fraction of sp³-hybridized carbons (Fsp3) is 0.526. The number of methoxy groups -OCH3 is 2. The predicted octanol–water partition coefficient (Wildman–Crippen LogP) is 2.93. The first-order valence-corrected chi connectivity index (χ1v) is 9.10. The Morgan fingerprint density at radius 2 is 2.12 bits per heavy atom. The number of piperidine rings is 1. The average molecular weight is 379 g/mol. The summed E-state index contributed by atoms with van der Waals surface area (Å²) in [6.07, 6.45) is 4.10. The van der Waals surface area contributed by atoms with Gasteiger partial charge in [-0.2, -0.15) is 0 Å². The van der Waals surface area contributed by atoms with E-state index >= 15 is 0 Å². The number of ether oxygens (including phenoxy) is 2. The molecule has 3 aliphatic rings. The van der Waals surface area contributed by atoms with Gasteiger partial charge in [-0.15, -0.1) is 0 Å². The second-order valence-electron chi connectivity index (χ2n) is 7.41. The Hall–Kier alpha value is -1.92. The molecule has 0 aromatic heterocycles. The molecule has 1 saturated heterocycles. The molecule has 6 nitrogen and oxygen atoms in total. The highest BCUT2D eigenvalue weighted by Crippen LogP contribution is 2.59. The third-order valence-electron chi connectivity index (χ3n) is 6.42. The number of phenolic OH excluding ortho intramolecular Hbond substituents is 1. The van der Waals surface area contributed by atoms with E-state index in [0.717, 1.165) is 30.5 Å². The fourth-order valence-corrected chi connectivity index (χ4v) is 5.43. The first-order chi connectivity index (χ1) is 12.5. The zero-order valence-electron chi connectivity index (χ0n) is 15.1. The smallest absolute Gasteiger partial charge is 0.162 e. The summed E-state index contributed by atoms with van der Waals surface area (Å²) in [6, 6.07) is 1.93. The molecule has 1 heterocycles. The normalized spacial score (nSPS) is 31.8. The van der Waals surface area contributed by atoms with Crippen LogP contribution in [0.1, 0.15) is 24.0 Å². The SMILES string of the molecule is COC1=C[C@H]2[C@H]3Cc4c(Cl)cc(OC)c(O)c4[C@@]2(CCN3C)C/C1=N\O. The van der Waals surface area contributed by atoms with Crippen molar-refractivity contribution in [2.45, 2.75) is 30.7 Å². The van der Waals surface area contributed by atoms with Gasteiger partial charge in [0.15, 0.2) is 11.5 Å². The molecule has 1 aromatic rings. The lowest BCUT2D eigenvalue weighted by molar-refractivity contribution is 0.0520. The van der Waals surface area contributed by atoms with Gasteiger partial charge in [0.05, 0.1) is 14.2 Å². The van der Waals surface area contributed by atoms with E-state index in [2.05, 4.69) is 23.2 Å². The van der Waals surface area contributed by atoms with E-state index in [1.54, 1.807) is 13.2 Å². The molecular weight excluding hydrogens is 356 g/mol. The third kappa shape index (κ3) is 2.18. The van der Waals surface area contributed by atoms with Crippen LogP contribution in [0.4, 0.5) is 0 Å². The maximum absolute atomic E-state index is 11.0. The largest absolute Gasteiger partial charge is 0.504 e. The van der Waals surface area contributed by atoms with Crippen LogP contribution in [-0.4, -0.2) is 54.8 Å². The molecule has 0 unspecified atom stereocenters. The number of rotatable bonds is 2. The molecule has 0 saturated carbocycles. The summed E-state index contributed by atoms with van der Waals surface area (Å²) < 4.78 is 10.8. The van der Waals surface area contributed by atoms with Crippen LogP contribution >= 0.6 is 11.6 Å². The van der Waals surface area contributed by atoms with Gasteiger partial charge in [0.25, 0.3) is 0 Å². The molecule has 2 bridgehead atoms. The molecule has 4 rings (SSSR count). The molecule has 140 valence electrons. The second kappa shape index (κ2) is 6.06. The van der Waals surface area contributed by atoms with E-state index in [9.17, 15) is 10.3 Å². The maximum atomic E-state index is 11.0. The van der Waals surface area contributed by atoms with Gasteiger partial charge in [0.2, 0.25) is 0 Å². The average Bonchev–Trinajstić information content (AvgIpc) is 2.65. The number of likely N-dealkylation sites (N-methyl/N-ethyl adjacent to an activating group) is 1. The van der Waals surface area contributed by atoms with Gasteiger partial charge >= 0.3 is 0 Å². The number of fused-ring (bicyclic) bond motifs is 1. The maximum Gasteiger partial charge on any atom is 0.162 e. The Kier molecular flexibility index (Phi) is 4.08. The van der Waals surface area contributed by atoms with E-state index in [0.29, 0.717) is 28.7 Å². The van der Waals surface area contributed by atoms with Crippen LogP contribution in [0.25, 0.3) is 0 Å². The molecule has 7 heteroatoms. The summed E-state index contributed by atoms with van der Waals surface area (Å²) in [5, 5.41) is 24.6. The van der Waals surface area contributed by atoms with Gasteiger partial charge in [0, 0.05) is 40.4 Å². The van der Waals surface area contributed by atoms with Crippen LogP contribution in [0.2, 0.25) is 5.02 Å². The Labute approximate surface area is 157 Å². The topological polar surface area (TPSA) is 74.5 Å². The van der Waals surface area contributed by atoms with E-state index < -0.39 is 5.41 Å². The quantitative estimate of drug-likeness (QED) is 0.611. The highest BCUT2D eigenvalue weighted by molar-refractivity contribution is 6.31. The Bertz CT molecular complexity index is 822. The number of aromatic hydroxyl groups is 1. The number of halogens is 1. The summed E-state index contributed by atoms with van der Waals surface area (Å²) in [5.74, 6) is 1.25. The standard InChI is InChI=1S/C19H23ClN2O4/c1-22-5-4-19-9-13(21-24)15(25-2)7-11(19)14(22)6-10-12(20)8-16(26-3)18(23)17(10)19/h7-8,11,14,23-24H,4-6,9H2,1-3H3/b21-13+/t11-,14+,19-/m0/s1. The number of oxime groups is 1. The predicted molar refractivity (Wildman–Crippen MR) is 98.5 cm³/mol. The number of hydrogen-bond acceptors (Lipinski definition) is 6. The molecule has 0 spiro atoms. The first-order valence-electron chi connectivity index (χ1n) is 8.73. The second-order valence-corrected chi connectivity index (χ2v) is 7.81. The van der Waals surface area contributed by atoms with Crippen molar-refractivity contribution in [1.82, 2.24) is 4.90 Å². The first kappa shape index (κ1) is 17.5. The van der Waals surface area contributed by atoms with Gasteiger partial charge in [-0.05, 0) is 38.1 Å². The number of phenols is 1. The van der Waals surface area contributed by atoms with Gasteiger partial charge < -0.3 is 24.7 Å². The van der Waals surface area contributed by atoms with Crippen molar-refractivity contribution in [1.29, 1.82) is 0 Å². The summed E-state index contributed by atoms with van der Waals surface area (Å²) in [6.45, 7) is 0.893. The minimum absolute atomic E-state index is 0.128. The summed E-state index contributed by atoms with van der Waals surface area (Å²) in [5.41, 5.74) is 1.91. The number of hydrogen-bond donors (Lipinski definition) is 2. The van der Waals surface area contributed by atoms with Crippen LogP contribution in [0.5, 0.6) is 11.5 Å². The Morgan fingerprint density at radius 3 is 2.77 bits per heavy atom. The third-order valence-corrected chi connectivity index (χ3v) is 6.75. The van der Waals surface area contributed by atoms with Crippen LogP contribution in [0.3, 0.4) is 0 Å². The van der Waals surface area contributed by atoms with Crippen LogP contribution in [0, 0.1) is 5.92 Å².